The van der Waals surface area contributed by atoms with Crippen LogP contribution in [0.1, 0.15) is 73.8 Å². The van der Waals surface area contributed by atoms with Crippen LogP contribution in [0.25, 0.3) is 0 Å². The normalized spacial score (nSPS) is 22.1. The number of rotatable bonds is 5. The molecular weight excluding hydrogens is 534 g/mol. The van der Waals surface area contributed by atoms with E-state index in [1.165, 1.54) is 0 Å². The summed E-state index contributed by atoms with van der Waals surface area (Å²) in [5, 5.41) is 8.61. The van der Waals surface area contributed by atoms with Crippen LogP contribution in [-0.2, 0) is 25.4 Å². The molecule has 1 aliphatic rings. The van der Waals surface area contributed by atoms with Gasteiger partial charge in [0.05, 0.1) is 5.75 Å². The fraction of sp³-hybridized carbons (Fsp3) is 0.520. The summed E-state index contributed by atoms with van der Waals surface area (Å²) in [4.78, 5) is 42.8. The molecule has 1 aromatic heterocycles. The highest BCUT2D eigenvalue weighted by atomic mass is 35.5. The van der Waals surface area contributed by atoms with Crippen LogP contribution in [0, 0.1) is 12.8 Å². The smallest absolute Gasteiger partial charge is 0.274 e. The minimum atomic E-state index is -3.92. The third kappa shape index (κ3) is 8.02. The van der Waals surface area contributed by atoms with E-state index in [-0.39, 0.29) is 41.3 Å². The topological polar surface area (TPSA) is 160 Å². The highest BCUT2D eigenvalue weighted by Gasteiger charge is 2.32. The standard InChI is InChI=1S/C25H34ClN5O6S/c1-14(2)20-25-30-21(16(4)37-25)24(34)28-15(3)22(32)27-11-6-5-10-19(23(33)29-20)31-38(35,36)13-17-8-7-9-18(26)12-17/h7-9,12,14-15,19-20,31H,5-6,10-11,13H2,1-4H3,(H,27,32)(H,28,34)(H,29,33)/t15-,19+,20+/m1/s1. The Hall–Kier alpha value is -2.96. The Kier molecular flexibility index (Phi) is 9.91. The van der Waals surface area contributed by atoms with Gasteiger partial charge in [-0.05, 0) is 56.7 Å². The lowest BCUT2D eigenvalue weighted by Gasteiger charge is -2.24. The van der Waals surface area contributed by atoms with Gasteiger partial charge in [-0.15, -0.1) is 0 Å². The number of halogens is 1. The second-order valence-electron chi connectivity index (χ2n) is 9.73. The SMILES string of the molecule is Cc1oc2nc1C(=O)N[C@H](C)C(=O)NCCCC[C@H](NS(=O)(=O)Cc1cccc(Cl)c1)C(=O)N[C@H]2C(C)C. The third-order valence-electron chi connectivity index (χ3n) is 6.10. The average molecular weight is 568 g/mol. The minimum absolute atomic E-state index is 0.00502. The highest BCUT2D eigenvalue weighted by Crippen LogP contribution is 2.24. The first kappa shape index (κ1) is 29.6. The number of oxazole rings is 1. The molecule has 1 aliphatic heterocycles. The number of carbonyl (C=O) groups is 3. The lowest BCUT2D eigenvalue weighted by molar-refractivity contribution is -0.124. The second kappa shape index (κ2) is 12.7. The van der Waals surface area contributed by atoms with Crippen LogP contribution in [0.3, 0.4) is 0 Å². The number of hydrogen-bond acceptors (Lipinski definition) is 7. The Morgan fingerprint density at radius 1 is 1.16 bits per heavy atom. The van der Waals surface area contributed by atoms with E-state index in [4.69, 9.17) is 16.0 Å². The molecular formula is C25H34ClN5O6S. The van der Waals surface area contributed by atoms with E-state index in [9.17, 15) is 22.8 Å². The van der Waals surface area contributed by atoms with Gasteiger partial charge >= 0.3 is 0 Å². The molecule has 11 nitrogen and oxygen atoms in total. The van der Waals surface area contributed by atoms with E-state index in [1.54, 1.807) is 38.1 Å². The van der Waals surface area contributed by atoms with Crippen LogP contribution >= 0.6 is 11.6 Å². The molecule has 208 valence electrons. The van der Waals surface area contributed by atoms with E-state index >= 15 is 0 Å². The molecule has 13 heteroatoms. The van der Waals surface area contributed by atoms with Crippen molar-refractivity contribution in [2.24, 2.45) is 5.92 Å². The van der Waals surface area contributed by atoms with Gasteiger partial charge in [-0.1, -0.05) is 37.6 Å². The molecule has 38 heavy (non-hydrogen) atoms. The third-order valence-corrected chi connectivity index (χ3v) is 7.69. The molecule has 4 N–H and O–H groups in total. The van der Waals surface area contributed by atoms with Crippen LogP contribution in [0.15, 0.2) is 28.7 Å². The van der Waals surface area contributed by atoms with Crippen molar-refractivity contribution in [2.75, 3.05) is 6.54 Å². The summed E-state index contributed by atoms with van der Waals surface area (Å²) in [5.41, 5.74) is 0.488. The van der Waals surface area contributed by atoms with Gasteiger partial charge < -0.3 is 20.4 Å². The van der Waals surface area contributed by atoms with Gasteiger partial charge in [-0.3, -0.25) is 14.4 Å². The van der Waals surface area contributed by atoms with E-state index in [1.807, 2.05) is 13.8 Å². The van der Waals surface area contributed by atoms with Gasteiger partial charge in [0, 0.05) is 11.6 Å². The number of sulfonamides is 1. The van der Waals surface area contributed by atoms with Crippen molar-refractivity contribution in [3.8, 4) is 0 Å². The molecule has 3 amide bonds. The molecule has 0 aliphatic carbocycles. The minimum Gasteiger partial charge on any atom is -0.443 e. The molecule has 3 atom stereocenters. The van der Waals surface area contributed by atoms with Crippen LogP contribution < -0.4 is 20.7 Å². The predicted molar refractivity (Wildman–Crippen MR) is 142 cm³/mol. The first-order chi connectivity index (χ1) is 17.9. The number of amides is 3. The summed E-state index contributed by atoms with van der Waals surface area (Å²) in [5.74, 6) is -1.70. The Morgan fingerprint density at radius 3 is 2.58 bits per heavy atom. The number of aryl methyl sites for hydroxylation is 1. The van der Waals surface area contributed by atoms with Gasteiger partial charge in [0.25, 0.3) is 5.91 Å². The van der Waals surface area contributed by atoms with Crippen LogP contribution in [0.4, 0.5) is 0 Å². The van der Waals surface area contributed by atoms with E-state index in [0.29, 0.717) is 30.0 Å². The molecule has 2 aromatic rings. The van der Waals surface area contributed by atoms with Gasteiger partial charge in [0.2, 0.25) is 27.7 Å². The first-order valence-corrected chi connectivity index (χ1v) is 14.5. The number of nitrogens with one attached hydrogen (secondary N) is 4. The lowest BCUT2D eigenvalue weighted by Crippen LogP contribution is -2.49. The molecule has 2 heterocycles. The van der Waals surface area contributed by atoms with Crippen molar-refractivity contribution in [1.82, 2.24) is 25.7 Å². The van der Waals surface area contributed by atoms with Gasteiger partial charge in [0.1, 0.15) is 23.9 Å². The van der Waals surface area contributed by atoms with Gasteiger partial charge in [-0.25, -0.2) is 18.1 Å². The first-order valence-electron chi connectivity index (χ1n) is 12.5. The monoisotopic (exact) mass is 567 g/mol. The van der Waals surface area contributed by atoms with Crippen molar-refractivity contribution in [3.63, 3.8) is 0 Å². The fourth-order valence-electron chi connectivity index (χ4n) is 4.04. The largest absolute Gasteiger partial charge is 0.443 e. The van der Waals surface area contributed by atoms with Crippen molar-refractivity contribution in [3.05, 3.63) is 52.2 Å². The Labute approximate surface area is 227 Å². The summed E-state index contributed by atoms with van der Waals surface area (Å²) in [7, 11) is -3.92. The van der Waals surface area contributed by atoms with E-state index < -0.39 is 40.0 Å². The molecule has 3 rings (SSSR count). The molecule has 0 saturated heterocycles. The van der Waals surface area contributed by atoms with Crippen LogP contribution in [0.2, 0.25) is 5.02 Å². The summed E-state index contributed by atoms with van der Waals surface area (Å²) in [6.45, 7) is 7.11. The lowest BCUT2D eigenvalue weighted by atomic mass is 10.0. The zero-order chi connectivity index (χ0) is 28.0. The maximum atomic E-state index is 13.4. The molecule has 1 aromatic carbocycles. The molecule has 0 saturated carbocycles. The molecule has 0 fully saturated rings. The molecule has 0 unspecified atom stereocenters. The number of fused-ring (bicyclic) bond motifs is 2. The predicted octanol–water partition coefficient (Wildman–Crippen LogP) is 2.36. The zero-order valence-electron chi connectivity index (χ0n) is 21.8. The second-order valence-corrected chi connectivity index (χ2v) is 11.9. The van der Waals surface area contributed by atoms with Crippen molar-refractivity contribution >= 4 is 39.3 Å². The summed E-state index contributed by atoms with van der Waals surface area (Å²) in [6.07, 6.45) is 1.15. The summed E-state index contributed by atoms with van der Waals surface area (Å²) < 4.78 is 34.2. The van der Waals surface area contributed by atoms with E-state index in [2.05, 4.69) is 25.7 Å². The van der Waals surface area contributed by atoms with Crippen LogP contribution in [-0.4, -0.2) is 49.8 Å². The number of aromatic nitrogens is 1. The summed E-state index contributed by atoms with van der Waals surface area (Å²) in [6, 6.07) is 3.88. The maximum Gasteiger partial charge on any atom is 0.274 e. The van der Waals surface area contributed by atoms with E-state index in [0.717, 1.165) is 0 Å². The van der Waals surface area contributed by atoms with Crippen molar-refractivity contribution in [2.45, 2.75) is 70.8 Å². The molecule has 0 radical (unpaired) electrons. The zero-order valence-corrected chi connectivity index (χ0v) is 23.4. The number of carbonyl (C=O) groups excluding carboxylic acids is 3. The number of nitrogens with zero attached hydrogens (tertiary/aromatic N) is 1. The Balaban J connectivity index is 1.89. The fourth-order valence-corrected chi connectivity index (χ4v) is 5.62. The average Bonchev–Trinajstić information content (AvgIpc) is 3.21. The number of benzene rings is 1. The number of hydrogen-bond donors (Lipinski definition) is 4. The van der Waals surface area contributed by atoms with Gasteiger partial charge in [0.15, 0.2) is 5.69 Å². The highest BCUT2D eigenvalue weighted by molar-refractivity contribution is 7.88. The summed E-state index contributed by atoms with van der Waals surface area (Å²) >= 11 is 5.99. The van der Waals surface area contributed by atoms with Crippen molar-refractivity contribution in [1.29, 1.82) is 0 Å². The Morgan fingerprint density at radius 2 is 1.89 bits per heavy atom. The quantitative estimate of drug-likeness (QED) is 0.431. The molecule has 0 spiro atoms. The van der Waals surface area contributed by atoms with Crippen molar-refractivity contribution < 1.29 is 27.2 Å². The Bertz CT molecular complexity index is 1280. The van der Waals surface area contributed by atoms with Gasteiger partial charge in [-0.2, -0.15) is 0 Å². The maximum absolute atomic E-state index is 13.4. The van der Waals surface area contributed by atoms with Crippen LogP contribution in [0.5, 0.6) is 0 Å². The molecule has 2 bridgehead atoms.